The van der Waals surface area contributed by atoms with Crippen LogP contribution in [0.1, 0.15) is 1.43 Å². The Morgan fingerprint density at radius 1 is 0.526 bits per heavy atom. The van der Waals surface area contributed by atoms with Crippen LogP contribution in [0.5, 0.6) is 0 Å². The molecular formula is C12H11F6Sb. The number of rotatable bonds is 1. The van der Waals surface area contributed by atoms with E-state index in [-0.39, 0.29) is 1.43 Å². The first-order valence-corrected chi connectivity index (χ1v) is 10.9. The molecule has 0 nitrogen and oxygen atoms in total. The van der Waals surface area contributed by atoms with Crippen molar-refractivity contribution in [3.05, 3.63) is 60.7 Å². The van der Waals surface area contributed by atoms with Crippen LogP contribution in [0.4, 0.5) is 16.9 Å². The SMILES string of the molecule is [F][Sb-]([F])([F])([F])([F])[F].[H+].c1ccc(-c2ccccc2)cc1. The second-order valence-corrected chi connectivity index (χ2v) is 9.16. The first kappa shape index (κ1) is 15.9. The van der Waals surface area contributed by atoms with E-state index in [0.717, 1.165) is 0 Å². The predicted molar refractivity (Wildman–Crippen MR) is 65.4 cm³/mol. The standard InChI is InChI=1S/C12H10.6FH.Sb/c1-3-7-11(8-4-1)12-9-5-2-6-10-12;;;;;;;/h1-10H;6*1H;/q;;;;;;;+5/p-5. The van der Waals surface area contributed by atoms with Gasteiger partial charge in [-0.15, -0.1) is 0 Å². The number of hydrogen-bond donors (Lipinski definition) is 0. The van der Waals surface area contributed by atoms with Crippen molar-refractivity contribution in [1.82, 2.24) is 0 Å². The molecule has 0 spiro atoms. The number of hydrogen-bond acceptors (Lipinski definition) is 0. The molecule has 0 bridgehead atoms. The van der Waals surface area contributed by atoms with Crippen molar-refractivity contribution in [3.63, 3.8) is 0 Å². The van der Waals surface area contributed by atoms with Gasteiger partial charge in [-0.05, 0) is 11.1 Å². The van der Waals surface area contributed by atoms with Gasteiger partial charge in [0.05, 0.1) is 0 Å². The zero-order valence-corrected chi connectivity index (χ0v) is 12.0. The number of benzene rings is 2. The fourth-order valence-electron chi connectivity index (χ4n) is 1.26. The molecule has 0 saturated carbocycles. The van der Waals surface area contributed by atoms with E-state index in [1.807, 2.05) is 12.1 Å². The Morgan fingerprint density at radius 2 is 0.737 bits per heavy atom. The molecule has 0 atom stereocenters. The van der Waals surface area contributed by atoms with Gasteiger partial charge in [-0.2, -0.15) is 0 Å². The third-order valence-electron chi connectivity index (χ3n) is 1.88. The molecule has 2 aromatic rings. The van der Waals surface area contributed by atoms with Gasteiger partial charge in [0, 0.05) is 0 Å². The van der Waals surface area contributed by atoms with Crippen LogP contribution in [-0.2, 0) is 0 Å². The Labute approximate surface area is 110 Å². The van der Waals surface area contributed by atoms with Gasteiger partial charge in [0.25, 0.3) is 0 Å². The summed E-state index contributed by atoms with van der Waals surface area (Å²) >= 11 is -11.2. The van der Waals surface area contributed by atoms with E-state index >= 15 is 0 Å². The van der Waals surface area contributed by atoms with Crippen molar-refractivity contribution in [3.8, 4) is 11.1 Å². The van der Waals surface area contributed by atoms with E-state index in [4.69, 9.17) is 0 Å². The largest absolute Gasteiger partial charge is 1.00 e. The van der Waals surface area contributed by atoms with Gasteiger partial charge in [0.2, 0.25) is 0 Å². The maximum atomic E-state index is 9.93. The minimum atomic E-state index is -11.2. The molecule has 0 radical (unpaired) electrons. The van der Waals surface area contributed by atoms with Gasteiger partial charge in [-0.3, -0.25) is 0 Å². The first-order chi connectivity index (χ1) is 8.42. The summed E-state index contributed by atoms with van der Waals surface area (Å²) < 4.78 is 59.6. The third kappa shape index (κ3) is 10.4. The molecule has 0 saturated heterocycles. The minimum Gasteiger partial charge on any atom is -0.0622 e. The molecule has 0 aromatic heterocycles. The van der Waals surface area contributed by atoms with E-state index in [2.05, 4.69) is 48.5 Å². The van der Waals surface area contributed by atoms with E-state index < -0.39 is 19.5 Å². The predicted octanol–water partition coefficient (Wildman–Crippen LogP) is 5.61. The van der Waals surface area contributed by atoms with E-state index in [1.165, 1.54) is 11.1 Å². The van der Waals surface area contributed by atoms with Gasteiger partial charge in [-0.25, -0.2) is 0 Å². The topological polar surface area (TPSA) is 0 Å². The van der Waals surface area contributed by atoms with Crippen LogP contribution in [-0.4, -0.2) is 19.5 Å². The zero-order chi connectivity index (χ0) is 14.6. The van der Waals surface area contributed by atoms with E-state index in [9.17, 15) is 16.9 Å². The van der Waals surface area contributed by atoms with Crippen LogP contribution in [0.25, 0.3) is 11.1 Å². The Kier molecular flexibility index (Phi) is 3.97. The fourth-order valence-corrected chi connectivity index (χ4v) is 1.26. The molecule has 0 aliphatic carbocycles. The van der Waals surface area contributed by atoms with Crippen molar-refractivity contribution in [2.45, 2.75) is 0 Å². The van der Waals surface area contributed by atoms with Gasteiger partial charge in [0.15, 0.2) is 0 Å². The van der Waals surface area contributed by atoms with Crippen molar-refractivity contribution >= 4 is 19.5 Å². The van der Waals surface area contributed by atoms with E-state index in [0.29, 0.717) is 0 Å². The molecule has 0 heterocycles. The van der Waals surface area contributed by atoms with Gasteiger partial charge < -0.3 is 0 Å². The minimum absolute atomic E-state index is 0. The molecule has 2 rings (SSSR count). The summed E-state index contributed by atoms with van der Waals surface area (Å²) in [4.78, 5) is 0. The molecule has 0 N–H and O–H groups in total. The fraction of sp³-hybridized carbons (Fsp3) is 0. The quantitative estimate of drug-likeness (QED) is 0.438. The summed E-state index contributed by atoms with van der Waals surface area (Å²) in [5, 5.41) is 0. The smallest absolute Gasteiger partial charge is 0.0622 e. The molecule has 0 aliphatic heterocycles. The first-order valence-electron chi connectivity index (χ1n) is 5.09. The maximum Gasteiger partial charge on any atom is 1.00 e. The van der Waals surface area contributed by atoms with Crippen LogP contribution in [0.15, 0.2) is 60.7 Å². The van der Waals surface area contributed by atoms with E-state index in [1.54, 1.807) is 0 Å². The molecule has 2 aromatic carbocycles. The molecule has 0 unspecified atom stereocenters. The van der Waals surface area contributed by atoms with Crippen molar-refractivity contribution in [2.24, 2.45) is 0 Å². The van der Waals surface area contributed by atoms with Crippen LogP contribution in [0, 0.1) is 0 Å². The van der Waals surface area contributed by atoms with Crippen LogP contribution in [0.3, 0.4) is 0 Å². The summed E-state index contributed by atoms with van der Waals surface area (Å²) in [6, 6.07) is 20.8. The average Bonchev–Trinajstić information content (AvgIpc) is 2.27. The second-order valence-electron chi connectivity index (χ2n) is 3.69. The van der Waals surface area contributed by atoms with Crippen LogP contribution >= 0.6 is 0 Å². The van der Waals surface area contributed by atoms with Crippen molar-refractivity contribution in [1.29, 1.82) is 0 Å². The molecule has 0 aliphatic rings. The average molecular weight is 391 g/mol. The molecule has 106 valence electrons. The molecular weight excluding hydrogens is 380 g/mol. The summed E-state index contributed by atoms with van der Waals surface area (Å²) in [5.41, 5.74) is 2.55. The molecule has 0 fully saturated rings. The van der Waals surface area contributed by atoms with Gasteiger partial charge in [-0.1, -0.05) is 60.7 Å². The normalized spacial score (nSPS) is 14.6. The van der Waals surface area contributed by atoms with Gasteiger partial charge >= 0.3 is 37.8 Å². The maximum absolute atomic E-state index is 11.2. The molecule has 7 heteroatoms. The Hall–Kier alpha value is -1.16. The zero-order valence-electron chi connectivity index (χ0n) is 10.5. The summed E-state index contributed by atoms with van der Waals surface area (Å²) in [7, 11) is 0. The summed E-state index contributed by atoms with van der Waals surface area (Å²) in [5.74, 6) is 0. The monoisotopic (exact) mass is 390 g/mol. The second kappa shape index (κ2) is 4.74. The van der Waals surface area contributed by atoms with Crippen LogP contribution < -0.4 is 0 Å². The van der Waals surface area contributed by atoms with Gasteiger partial charge in [0.1, 0.15) is 0 Å². The summed E-state index contributed by atoms with van der Waals surface area (Å²) in [6.07, 6.45) is 0. The van der Waals surface area contributed by atoms with Crippen molar-refractivity contribution in [2.75, 3.05) is 0 Å². The molecule has 0 amide bonds. The van der Waals surface area contributed by atoms with Crippen molar-refractivity contribution < 1.29 is 18.3 Å². The Bertz CT molecular complexity index is 475. The molecule has 19 heavy (non-hydrogen) atoms. The summed E-state index contributed by atoms with van der Waals surface area (Å²) in [6.45, 7) is 0. The Morgan fingerprint density at radius 3 is 0.947 bits per heavy atom. The van der Waals surface area contributed by atoms with Crippen LogP contribution in [0.2, 0.25) is 0 Å². The third-order valence-corrected chi connectivity index (χ3v) is 1.88. The number of halogens is 6. The Balaban J connectivity index is 0.000000396.